The molecule has 1 aliphatic heterocycles. The first-order valence-electron chi connectivity index (χ1n) is 10.7. The summed E-state index contributed by atoms with van der Waals surface area (Å²) in [6.07, 6.45) is 0. The van der Waals surface area contributed by atoms with Crippen LogP contribution in [-0.2, 0) is 13.1 Å². The van der Waals surface area contributed by atoms with Gasteiger partial charge in [0.05, 0.1) is 23.6 Å². The minimum absolute atomic E-state index is 0.0668. The van der Waals surface area contributed by atoms with Crippen molar-refractivity contribution in [3.8, 4) is 16.5 Å². The Labute approximate surface area is 190 Å². The molecular weight excluding hydrogens is 418 g/mol. The van der Waals surface area contributed by atoms with Crippen molar-refractivity contribution in [2.75, 3.05) is 26.2 Å². The molecule has 3 heterocycles. The Kier molecular flexibility index (Phi) is 5.82. The number of aromatic nitrogens is 2. The van der Waals surface area contributed by atoms with Gasteiger partial charge in [-0.15, -0.1) is 11.3 Å². The van der Waals surface area contributed by atoms with Crippen molar-refractivity contribution in [2.45, 2.75) is 13.1 Å². The smallest absolute Gasteiger partial charge is 0.259 e. The zero-order chi connectivity index (χ0) is 21.9. The molecule has 5 rings (SSSR count). The molecule has 1 saturated heterocycles. The largest absolute Gasteiger partial charge is 0.309 e. The van der Waals surface area contributed by atoms with Crippen LogP contribution in [0.2, 0.25) is 0 Å². The number of rotatable bonds is 5. The molecule has 0 atom stereocenters. The highest BCUT2D eigenvalue weighted by atomic mass is 32.1. The maximum Gasteiger partial charge on any atom is 0.259 e. The van der Waals surface area contributed by atoms with Gasteiger partial charge in [-0.1, -0.05) is 42.5 Å². The van der Waals surface area contributed by atoms with Gasteiger partial charge < -0.3 is 4.98 Å². The van der Waals surface area contributed by atoms with E-state index in [0.29, 0.717) is 17.5 Å². The standard InChI is InChI=1S/C25H23N5OS/c26-15-18-6-8-19(9-7-18)16-29-10-12-30(13-11-29)17-23-27-24(31)21-14-22(32-25(21)28-23)20-4-2-1-3-5-20/h1-9,14H,10-13,16-17H2,(H,27,28,31). The fraction of sp³-hybridized carbons (Fsp3) is 0.240. The van der Waals surface area contributed by atoms with Crippen LogP contribution < -0.4 is 5.56 Å². The van der Waals surface area contributed by atoms with Crippen LogP contribution in [-0.4, -0.2) is 45.9 Å². The Morgan fingerprint density at radius 2 is 1.66 bits per heavy atom. The van der Waals surface area contributed by atoms with E-state index in [4.69, 9.17) is 10.2 Å². The summed E-state index contributed by atoms with van der Waals surface area (Å²) in [7, 11) is 0. The lowest BCUT2D eigenvalue weighted by atomic mass is 10.1. The van der Waals surface area contributed by atoms with Gasteiger partial charge in [-0.2, -0.15) is 5.26 Å². The Morgan fingerprint density at radius 1 is 0.969 bits per heavy atom. The first-order valence-corrected chi connectivity index (χ1v) is 11.5. The number of nitrogens with one attached hydrogen (secondary N) is 1. The van der Waals surface area contributed by atoms with Crippen LogP contribution >= 0.6 is 11.3 Å². The average molecular weight is 442 g/mol. The van der Waals surface area contributed by atoms with E-state index in [9.17, 15) is 4.79 Å². The first-order chi connectivity index (χ1) is 15.7. The third kappa shape index (κ3) is 4.48. The number of piperazine rings is 1. The fourth-order valence-corrected chi connectivity index (χ4v) is 5.11. The number of fused-ring (bicyclic) bond motifs is 1. The number of aromatic amines is 1. The molecule has 1 fully saturated rings. The predicted molar refractivity (Wildman–Crippen MR) is 127 cm³/mol. The Balaban J connectivity index is 1.23. The topological polar surface area (TPSA) is 76.0 Å². The summed E-state index contributed by atoms with van der Waals surface area (Å²) in [5, 5.41) is 9.59. The summed E-state index contributed by atoms with van der Waals surface area (Å²) in [5.41, 5.74) is 2.96. The van der Waals surface area contributed by atoms with E-state index in [1.807, 2.05) is 48.5 Å². The maximum atomic E-state index is 12.7. The molecule has 160 valence electrons. The number of hydrogen-bond acceptors (Lipinski definition) is 6. The van der Waals surface area contributed by atoms with E-state index in [1.54, 1.807) is 11.3 Å². The van der Waals surface area contributed by atoms with Gasteiger partial charge in [0.25, 0.3) is 5.56 Å². The van der Waals surface area contributed by atoms with E-state index in [0.717, 1.165) is 53.8 Å². The molecule has 0 radical (unpaired) electrons. The summed E-state index contributed by atoms with van der Waals surface area (Å²) in [6, 6.07) is 22.0. The van der Waals surface area contributed by atoms with Gasteiger partial charge in [-0.25, -0.2) is 4.98 Å². The van der Waals surface area contributed by atoms with Crippen LogP contribution in [0, 0.1) is 11.3 Å². The zero-order valence-corrected chi connectivity index (χ0v) is 18.4. The molecule has 7 heteroatoms. The highest BCUT2D eigenvalue weighted by molar-refractivity contribution is 7.21. The van der Waals surface area contributed by atoms with Crippen LogP contribution in [0.25, 0.3) is 20.7 Å². The zero-order valence-electron chi connectivity index (χ0n) is 17.6. The van der Waals surface area contributed by atoms with Crippen LogP contribution in [0.15, 0.2) is 65.5 Å². The molecule has 0 spiro atoms. The van der Waals surface area contributed by atoms with Crippen molar-refractivity contribution in [2.24, 2.45) is 0 Å². The molecule has 0 bridgehead atoms. The van der Waals surface area contributed by atoms with Crippen LogP contribution in [0.1, 0.15) is 17.0 Å². The van der Waals surface area contributed by atoms with Gasteiger partial charge in [0, 0.05) is 37.6 Å². The summed E-state index contributed by atoms with van der Waals surface area (Å²) in [4.78, 5) is 27.0. The number of H-pyrrole nitrogens is 1. The summed E-state index contributed by atoms with van der Waals surface area (Å²) in [6.45, 7) is 5.31. The van der Waals surface area contributed by atoms with Gasteiger partial charge >= 0.3 is 0 Å². The van der Waals surface area contributed by atoms with Crippen molar-refractivity contribution in [3.05, 3.63) is 88.0 Å². The van der Waals surface area contributed by atoms with Gasteiger partial charge in [-0.05, 0) is 29.3 Å². The minimum Gasteiger partial charge on any atom is -0.309 e. The Bertz CT molecular complexity index is 1310. The fourth-order valence-electron chi connectivity index (χ4n) is 4.06. The molecule has 0 amide bonds. The second-order valence-corrected chi connectivity index (χ2v) is 9.10. The molecule has 0 aliphatic carbocycles. The lowest BCUT2D eigenvalue weighted by molar-refractivity contribution is 0.120. The second-order valence-electron chi connectivity index (χ2n) is 8.07. The van der Waals surface area contributed by atoms with Crippen LogP contribution in [0.3, 0.4) is 0 Å². The lowest BCUT2D eigenvalue weighted by Gasteiger charge is -2.34. The molecule has 0 unspecified atom stereocenters. The van der Waals surface area contributed by atoms with Crippen molar-refractivity contribution in [3.63, 3.8) is 0 Å². The molecular formula is C25H23N5OS. The van der Waals surface area contributed by atoms with Crippen molar-refractivity contribution in [1.82, 2.24) is 19.8 Å². The Hall–Kier alpha value is -3.31. The van der Waals surface area contributed by atoms with E-state index >= 15 is 0 Å². The van der Waals surface area contributed by atoms with Gasteiger partial charge in [0.2, 0.25) is 0 Å². The molecule has 1 aliphatic rings. The van der Waals surface area contributed by atoms with E-state index in [2.05, 4.69) is 33.0 Å². The number of nitrogens with zero attached hydrogens (tertiary/aromatic N) is 4. The monoisotopic (exact) mass is 441 g/mol. The Morgan fingerprint density at radius 3 is 2.34 bits per heavy atom. The highest BCUT2D eigenvalue weighted by Gasteiger charge is 2.19. The summed E-state index contributed by atoms with van der Waals surface area (Å²) >= 11 is 1.57. The quantitative estimate of drug-likeness (QED) is 0.509. The number of thiophene rings is 1. The number of nitriles is 1. The normalized spacial score (nSPS) is 15.1. The van der Waals surface area contributed by atoms with Gasteiger partial charge in [-0.3, -0.25) is 14.6 Å². The molecule has 6 nitrogen and oxygen atoms in total. The molecule has 2 aromatic heterocycles. The van der Waals surface area contributed by atoms with E-state index in [-0.39, 0.29) is 5.56 Å². The molecule has 1 N–H and O–H groups in total. The maximum absolute atomic E-state index is 12.7. The van der Waals surface area contributed by atoms with E-state index < -0.39 is 0 Å². The summed E-state index contributed by atoms with van der Waals surface area (Å²) in [5.74, 6) is 0.726. The molecule has 4 aromatic rings. The van der Waals surface area contributed by atoms with Crippen molar-refractivity contribution >= 4 is 21.6 Å². The van der Waals surface area contributed by atoms with Crippen molar-refractivity contribution in [1.29, 1.82) is 5.26 Å². The number of benzene rings is 2. The molecule has 2 aromatic carbocycles. The first kappa shape index (κ1) is 20.6. The predicted octanol–water partition coefficient (Wildman–Crippen LogP) is 3.84. The summed E-state index contributed by atoms with van der Waals surface area (Å²) < 4.78 is 0. The van der Waals surface area contributed by atoms with Gasteiger partial charge in [0.1, 0.15) is 10.7 Å². The van der Waals surface area contributed by atoms with Gasteiger partial charge in [0.15, 0.2) is 0 Å². The van der Waals surface area contributed by atoms with Crippen LogP contribution in [0.4, 0.5) is 0 Å². The third-order valence-electron chi connectivity index (χ3n) is 5.84. The lowest BCUT2D eigenvalue weighted by Crippen LogP contribution is -2.45. The molecule has 32 heavy (non-hydrogen) atoms. The number of hydrogen-bond donors (Lipinski definition) is 1. The highest BCUT2D eigenvalue weighted by Crippen LogP contribution is 2.30. The van der Waals surface area contributed by atoms with E-state index in [1.165, 1.54) is 5.56 Å². The average Bonchev–Trinajstić information content (AvgIpc) is 3.26. The third-order valence-corrected chi connectivity index (χ3v) is 6.92. The second kappa shape index (κ2) is 9.05. The SMILES string of the molecule is N#Cc1ccc(CN2CCN(Cc3nc4sc(-c5ccccc5)cc4c(=O)[nH]3)CC2)cc1. The van der Waals surface area contributed by atoms with Crippen molar-refractivity contribution < 1.29 is 0 Å². The molecule has 0 saturated carbocycles. The van der Waals surface area contributed by atoms with Crippen LogP contribution in [0.5, 0.6) is 0 Å². The minimum atomic E-state index is -0.0668.